The molecule has 1 saturated carbocycles. The molecule has 3 heteroatoms. The SMILES string of the molecule is Cc1cccc(C(=O)NC2CC2)c1Cl. The molecular formula is C11H12ClNO. The van der Waals surface area contributed by atoms with Crippen LogP contribution in [0.15, 0.2) is 18.2 Å². The van der Waals surface area contributed by atoms with Crippen molar-refractivity contribution in [1.82, 2.24) is 5.32 Å². The Morgan fingerprint density at radius 2 is 2.21 bits per heavy atom. The van der Waals surface area contributed by atoms with Gasteiger partial charge in [0.2, 0.25) is 0 Å². The van der Waals surface area contributed by atoms with E-state index in [1.54, 1.807) is 6.07 Å². The molecule has 1 N–H and O–H groups in total. The number of hydrogen-bond acceptors (Lipinski definition) is 1. The van der Waals surface area contributed by atoms with E-state index in [1.165, 1.54) is 0 Å². The minimum atomic E-state index is -0.0544. The molecule has 0 spiro atoms. The van der Waals surface area contributed by atoms with Crippen LogP contribution in [0.4, 0.5) is 0 Å². The van der Waals surface area contributed by atoms with E-state index in [-0.39, 0.29) is 5.91 Å². The molecule has 1 aliphatic rings. The number of amides is 1. The maximum Gasteiger partial charge on any atom is 0.253 e. The summed E-state index contributed by atoms with van der Waals surface area (Å²) in [4.78, 5) is 11.7. The Labute approximate surface area is 88.3 Å². The highest BCUT2D eigenvalue weighted by atomic mass is 35.5. The lowest BCUT2D eigenvalue weighted by atomic mass is 10.1. The third-order valence-corrected chi connectivity index (χ3v) is 2.85. The van der Waals surface area contributed by atoms with Crippen molar-refractivity contribution in [2.45, 2.75) is 25.8 Å². The van der Waals surface area contributed by atoms with Crippen LogP contribution in [-0.2, 0) is 0 Å². The zero-order chi connectivity index (χ0) is 10.1. The van der Waals surface area contributed by atoms with Gasteiger partial charge < -0.3 is 5.32 Å². The number of carbonyl (C=O) groups excluding carboxylic acids is 1. The summed E-state index contributed by atoms with van der Waals surface area (Å²) in [5.41, 5.74) is 1.52. The summed E-state index contributed by atoms with van der Waals surface area (Å²) in [5, 5.41) is 3.48. The topological polar surface area (TPSA) is 29.1 Å². The first-order chi connectivity index (χ1) is 6.68. The van der Waals surface area contributed by atoms with Gasteiger partial charge in [-0.3, -0.25) is 4.79 Å². The van der Waals surface area contributed by atoms with E-state index >= 15 is 0 Å². The summed E-state index contributed by atoms with van der Waals surface area (Å²) in [7, 11) is 0. The molecule has 0 aliphatic heterocycles. The van der Waals surface area contributed by atoms with E-state index in [9.17, 15) is 4.79 Å². The molecule has 0 radical (unpaired) electrons. The minimum Gasteiger partial charge on any atom is -0.349 e. The van der Waals surface area contributed by atoms with Crippen molar-refractivity contribution in [2.75, 3.05) is 0 Å². The Kier molecular flexibility index (Phi) is 2.46. The maximum atomic E-state index is 11.7. The van der Waals surface area contributed by atoms with E-state index in [1.807, 2.05) is 19.1 Å². The maximum absolute atomic E-state index is 11.7. The lowest BCUT2D eigenvalue weighted by Crippen LogP contribution is -2.25. The lowest BCUT2D eigenvalue weighted by Gasteiger charge is -2.06. The van der Waals surface area contributed by atoms with Crippen molar-refractivity contribution in [3.05, 3.63) is 34.3 Å². The molecule has 0 aromatic heterocycles. The molecule has 0 unspecified atom stereocenters. The Balaban J connectivity index is 2.21. The molecule has 1 aromatic rings. The largest absolute Gasteiger partial charge is 0.349 e. The highest BCUT2D eigenvalue weighted by Crippen LogP contribution is 2.23. The lowest BCUT2D eigenvalue weighted by molar-refractivity contribution is 0.0951. The third kappa shape index (κ3) is 1.90. The van der Waals surface area contributed by atoms with Crippen molar-refractivity contribution < 1.29 is 4.79 Å². The average Bonchev–Trinajstić information content (AvgIpc) is 2.93. The molecule has 0 saturated heterocycles. The standard InChI is InChI=1S/C11H12ClNO/c1-7-3-2-4-9(10(7)12)11(14)13-8-5-6-8/h2-4,8H,5-6H2,1H3,(H,13,14). The number of benzene rings is 1. The van der Waals surface area contributed by atoms with E-state index in [0.717, 1.165) is 18.4 Å². The summed E-state index contributed by atoms with van der Waals surface area (Å²) >= 11 is 6.03. The van der Waals surface area contributed by atoms with Gasteiger partial charge in [-0.15, -0.1) is 0 Å². The predicted molar refractivity (Wildman–Crippen MR) is 56.7 cm³/mol. The summed E-state index contributed by atoms with van der Waals surface area (Å²) in [5.74, 6) is -0.0544. The van der Waals surface area contributed by atoms with Gasteiger partial charge in [0.1, 0.15) is 0 Å². The fourth-order valence-corrected chi connectivity index (χ4v) is 1.53. The van der Waals surface area contributed by atoms with Crippen LogP contribution in [0.2, 0.25) is 5.02 Å². The van der Waals surface area contributed by atoms with E-state index in [2.05, 4.69) is 5.32 Å². The fraction of sp³-hybridized carbons (Fsp3) is 0.364. The molecule has 2 nitrogen and oxygen atoms in total. The van der Waals surface area contributed by atoms with E-state index in [4.69, 9.17) is 11.6 Å². The van der Waals surface area contributed by atoms with E-state index < -0.39 is 0 Å². The molecular weight excluding hydrogens is 198 g/mol. The molecule has 74 valence electrons. The van der Waals surface area contributed by atoms with Gasteiger partial charge in [0.05, 0.1) is 10.6 Å². The number of halogens is 1. The number of aryl methyl sites for hydroxylation is 1. The molecule has 0 heterocycles. The van der Waals surface area contributed by atoms with Crippen LogP contribution in [0, 0.1) is 6.92 Å². The molecule has 1 fully saturated rings. The van der Waals surface area contributed by atoms with Crippen molar-refractivity contribution in [2.24, 2.45) is 0 Å². The number of rotatable bonds is 2. The zero-order valence-electron chi connectivity index (χ0n) is 8.01. The number of hydrogen-bond donors (Lipinski definition) is 1. The van der Waals surface area contributed by atoms with Gasteiger partial charge in [0.25, 0.3) is 5.91 Å². The van der Waals surface area contributed by atoms with Gasteiger partial charge in [-0.05, 0) is 31.4 Å². The second-order valence-corrected chi connectivity index (χ2v) is 4.06. The Morgan fingerprint density at radius 1 is 1.50 bits per heavy atom. The highest BCUT2D eigenvalue weighted by Gasteiger charge is 2.24. The van der Waals surface area contributed by atoms with Crippen LogP contribution in [0.25, 0.3) is 0 Å². The average molecular weight is 210 g/mol. The molecule has 0 bridgehead atoms. The van der Waals surface area contributed by atoms with Gasteiger partial charge in [0, 0.05) is 6.04 Å². The fourth-order valence-electron chi connectivity index (χ4n) is 1.31. The Hall–Kier alpha value is -1.02. The summed E-state index contributed by atoms with van der Waals surface area (Å²) in [6, 6.07) is 5.88. The van der Waals surface area contributed by atoms with Crippen LogP contribution in [0.3, 0.4) is 0 Å². The molecule has 2 rings (SSSR count). The molecule has 14 heavy (non-hydrogen) atoms. The second-order valence-electron chi connectivity index (χ2n) is 3.68. The van der Waals surface area contributed by atoms with Gasteiger partial charge in [-0.2, -0.15) is 0 Å². The van der Waals surface area contributed by atoms with Gasteiger partial charge in [-0.25, -0.2) is 0 Å². The Morgan fingerprint density at radius 3 is 2.86 bits per heavy atom. The second kappa shape index (κ2) is 3.62. The zero-order valence-corrected chi connectivity index (χ0v) is 8.77. The smallest absolute Gasteiger partial charge is 0.253 e. The van der Waals surface area contributed by atoms with Crippen molar-refractivity contribution in [3.8, 4) is 0 Å². The van der Waals surface area contributed by atoms with Crippen LogP contribution in [0.1, 0.15) is 28.8 Å². The van der Waals surface area contributed by atoms with Crippen molar-refractivity contribution in [1.29, 1.82) is 0 Å². The summed E-state index contributed by atoms with van der Waals surface area (Å²) in [6.45, 7) is 1.90. The molecule has 1 aliphatic carbocycles. The number of nitrogens with one attached hydrogen (secondary N) is 1. The Bertz CT molecular complexity index is 372. The normalized spacial score (nSPS) is 15.3. The van der Waals surface area contributed by atoms with Crippen LogP contribution in [0.5, 0.6) is 0 Å². The number of carbonyl (C=O) groups is 1. The first-order valence-electron chi connectivity index (χ1n) is 4.74. The van der Waals surface area contributed by atoms with Gasteiger partial charge in [-0.1, -0.05) is 23.7 Å². The molecule has 1 amide bonds. The van der Waals surface area contributed by atoms with E-state index in [0.29, 0.717) is 16.6 Å². The first kappa shape index (κ1) is 9.53. The highest BCUT2D eigenvalue weighted by molar-refractivity contribution is 6.34. The van der Waals surface area contributed by atoms with Crippen molar-refractivity contribution in [3.63, 3.8) is 0 Å². The van der Waals surface area contributed by atoms with Crippen LogP contribution >= 0.6 is 11.6 Å². The van der Waals surface area contributed by atoms with Crippen LogP contribution < -0.4 is 5.32 Å². The van der Waals surface area contributed by atoms with Crippen molar-refractivity contribution >= 4 is 17.5 Å². The first-order valence-corrected chi connectivity index (χ1v) is 5.12. The summed E-state index contributed by atoms with van der Waals surface area (Å²) < 4.78 is 0. The molecule has 1 aromatic carbocycles. The monoisotopic (exact) mass is 209 g/mol. The predicted octanol–water partition coefficient (Wildman–Crippen LogP) is 2.54. The van der Waals surface area contributed by atoms with Gasteiger partial charge in [0.15, 0.2) is 0 Å². The minimum absolute atomic E-state index is 0.0544. The van der Waals surface area contributed by atoms with Crippen LogP contribution in [-0.4, -0.2) is 11.9 Å². The van der Waals surface area contributed by atoms with Gasteiger partial charge >= 0.3 is 0 Å². The summed E-state index contributed by atoms with van der Waals surface area (Å²) in [6.07, 6.45) is 2.18. The quantitative estimate of drug-likeness (QED) is 0.797. The molecule has 0 atom stereocenters. The third-order valence-electron chi connectivity index (χ3n) is 2.35.